The van der Waals surface area contributed by atoms with Crippen LogP contribution in [0.3, 0.4) is 0 Å². The van der Waals surface area contributed by atoms with Gasteiger partial charge in [-0.3, -0.25) is 9.59 Å². The fourth-order valence-corrected chi connectivity index (χ4v) is 6.81. The number of rotatable bonds is 3. The molecule has 4 aromatic carbocycles. The van der Waals surface area contributed by atoms with Crippen molar-refractivity contribution in [2.45, 2.75) is 37.9 Å². The number of aliphatic hydroxyl groups is 1. The first-order valence-electron chi connectivity index (χ1n) is 13.1. The maximum absolute atomic E-state index is 14.1. The predicted octanol–water partition coefficient (Wildman–Crippen LogP) is 6.52. The lowest BCUT2D eigenvalue weighted by atomic mass is 9.61. The molecule has 0 saturated carbocycles. The molecule has 0 aromatic heterocycles. The van der Waals surface area contributed by atoms with E-state index in [-0.39, 0.29) is 29.4 Å². The van der Waals surface area contributed by atoms with Gasteiger partial charge in [0.05, 0.1) is 5.92 Å². The van der Waals surface area contributed by atoms with E-state index in [2.05, 4.69) is 0 Å². The van der Waals surface area contributed by atoms with Crippen molar-refractivity contribution in [2.24, 2.45) is 5.92 Å². The van der Waals surface area contributed by atoms with Gasteiger partial charge in [0.1, 0.15) is 22.3 Å². The zero-order valence-corrected chi connectivity index (χ0v) is 22.2. The number of benzene rings is 4. The first-order chi connectivity index (χ1) is 18.8. The Morgan fingerprint density at radius 1 is 0.974 bits per heavy atom. The molecular weight excluding hydrogens is 512 g/mol. The van der Waals surface area contributed by atoms with Crippen molar-refractivity contribution in [1.82, 2.24) is 0 Å². The Morgan fingerprint density at radius 3 is 2.33 bits per heavy atom. The number of hydrogen-bond donors (Lipinski definition) is 1. The highest BCUT2D eigenvalue weighted by molar-refractivity contribution is 6.45. The maximum atomic E-state index is 14.1. The van der Waals surface area contributed by atoms with Crippen molar-refractivity contribution in [3.05, 3.63) is 100 Å². The van der Waals surface area contributed by atoms with E-state index in [1.54, 1.807) is 13.8 Å². The van der Waals surface area contributed by atoms with E-state index in [0.717, 1.165) is 32.7 Å². The Morgan fingerprint density at radius 2 is 1.62 bits per heavy atom. The normalized spacial score (nSPS) is 24.1. The lowest BCUT2D eigenvalue weighted by molar-refractivity contribution is -0.172. The molecule has 3 atom stereocenters. The molecule has 0 fully saturated rings. The van der Waals surface area contributed by atoms with Gasteiger partial charge < -0.3 is 14.6 Å². The van der Waals surface area contributed by atoms with Crippen LogP contribution in [0.25, 0.3) is 27.6 Å². The number of ketones is 2. The Labute approximate surface area is 230 Å². The van der Waals surface area contributed by atoms with Crippen molar-refractivity contribution in [2.75, 3.05) is 0 Å². The van der Waals surface area contributed by atoms with Gasteiger partial charge in [0.2, 0.25) is 5.78 Å². The Bertz CT molecular complexity index is 1820. The zero-order valence-electron chi connectivity index (χ0n) is 21.5. The first kappa shape index (κ1) is 24.1. The van der Waals surface area contributed by atoms with E-state index >= 15 is 0 Å². The summed E-state index contributed by atoms with van der Waals surface area (Å²) in [4.78, 5) is 27.2. The number of fused-ring (bicyclic) bond motifs is 8. The third-order valence-corrected chi connectivity index (χ3v) is 8.98. The van der Waals surface area contributed by atoms with Crippen LogP contribution in [0, 0.1) is 5.92 Å². The quantitative estimate of drug-likeness (QED) is 0.322. The lowest BCUT2D eigenvalue weighted by Gasteiger charge is -2.50. The summed E-state index contributed by atoms with van der Waals surface area (Å²) in [6.07, 6.45) is 2.23. The van der Waals surface area contributed by atoms with Gasteiger partial charge in [-0.1, -0.05) is 86.1 Å². The topological polar surface area (TPSA) is 72.8 Å². The average Bonchev–Trinajstić information content (AvgIpc) is 3.39. The van der Waals surface area contributed by atoms with Crippen LogP contribution in [0.2, 0.25) is 0 Å². The van der Waals surface area contributed by atoms with Crippen LogP contribution in [0.1, 0.15) is 31.4 Å². The fourth-order valence-electron chi connectivity index (χ4n) is 6.53. The number of Topliss-reactive ketones (excluding diaryl/α,β-unsaturated/α-hetero) is 2. The van der Waals surface area contributed by atoms with Crippen LogP contribution >= 0.6 is 11.6 Å². The highest BCUT2D eigenvalue weighted by Gasteiger charge is 2.70. The van der Waals surface area contributed by atoms with Gasteiger partial charge in [0.15, 0.2) is 17.0 Å². The fraction of sp³-hybridized carbons (Fsp3) is 0.212. The summed E-state index contributed by atoms with van der Waals surface area (Å²) < 4.78 is 13.1. The molecule has 194 valence electrons. The zero-order chi connectivity index (χ0) is 27.1. The van der Waals surface area contributed by atoms with Crippen molar-refractivity contribution >= 4 is 50.8 Å². The second kappa shape index (κ2) is 8.28. The van der Waals surface area contributed by atoms with E-state index in [1.165, 1.54) is 0 Å². The number of carbonyl (C=O) groups is 2. The van der Waals surface area contributed by atoms with E-state index < -0.39 is 22.9 Å². The minimum atomic E-state index is -2.27. The molecule has 1 aliphatic carbocycles. The molecule has 39 heavy (non-hydrogen) atoms. The first-order valence-corrected chi connectivity index (χ1v) is 13.5. The monoisotopic (exact) mass is 536 g/mol. The summed E-state index contributed by atoms with van der Waals surface area (Å²) in [7, 11) is 0. The third kappa shape index (κ3) is 3.06. The number of ether oxygens (including phenoxy) is 2. The SMILES string of the molecule is CCC(=O)[C@H](C)[C@]1(O)C(=O)C(Cl)=C2Oc3ccc4ccccc4c3C=C2[C@@]12Cc1c(ccc3ccccc13)O2. The van der Waals surface area contributed by atoms with E-state index in [1.807, 2.05) is 78.9 Å². The second-order valence-electron chi connectivity index (χ2n) is 10.5. The largest absolute Gasteiger partial charge is 0.478 e. The second-order valence-corrected chi connectivity index (χ2v) is 10.9. The van der Waals surface area contributed by atoms with Gasteiger partial charge in [-0.25, -0.2) is 0 Å². The van der Waals surface area contributed by atoms with Crippen molar-refractivity contribution in [3.63, 3.8) is 0 Å². The highest BCUT2D eigenvalue weighted by atomic mass is 35.5. The minimum absolute atomic E-state index is 0.153. The molecule has 0 radical (unpaired) electrons. The van der Waals surface area contributed by atoms with Crippen LogP contribution in [0.15, 0.2) is 89.2 Å². The van der Waals surface area contributed by atoms with Crippen molar-refractivity contribution < 1.29 is 24.2 Å². The number of carbonyl (C=O) groups excluding carboxylic acids is 2. The Hall–Kier alpha value is -3.93. The molecule has 1 N–H and O–H groups in total. The molecule has 0 saturated heterocycles. The van der Waals surface area contributed by atoms with Gasteiger partial charge >= 0.3 is 0 Å². The Kier molecular flexibility index (Phi) is 5.13. The lowest BCUT2D eigenvalue weighted by Crippen LogP contribution is -2.70. The van der Waals surface area contributed by atoms with Crippen molar-refractivity contribution in [3.8, 4) is 11.5 Å². The summed E-state index contributed by atoms with van der Waals surface area (Å²) in [5.74, 6) is -0.850. The molecule has 0 unspecified atom stereocenters. The van der Waals surface area contributed by atoms with E-state index in [9.17, 15) is 14.7 Å². The molecule has 2 aliphatic heterocycles. The van der Waals surface area contributed by atoms with E-state index in [4.69, 9.17) is 21.1 Å². The number of halogens is 1. The molecule has 3 aliphatic rings. The molecule has 2 heterocycles. The molecule has 1 spiro atoms. The van der Waals surface area contributed by atoms with Crippen molar-refractivity contribution in [1.29, 1.82) is 0 Å². The van der Waals surface area contributed by atoms with Crippen LogP contribution in [-0.2, 0) is 16.0 Å². The van der Waals surface area contributed by atoms with Gasteiger partial charge in [0, 0.05) is 29.5 Å². The van der Waals surface area contributed by atoms with Crippen LogP contribution < -0.4 is 9.47 Å². The summed E-state index contributed by atoms with van der Waals surface area (Å²) >= 11 is 6.71. The summed E-state index contributed by atoms with van der Waals surface area (Å²) in [5, 5.41) is 16.3. The predicted molar refractivity (Wildman–Crippen MR) is 151 cm³/mol. The molecule has 6 heteroatoms. The minimum Gasteiger partial charge on any atom is -0.478 e. The highest BCUT2D eigenvalue weighted by Crippen LogP contribution is 2.58. The molecule has 0 amide bonds. The van der Waals surface area contributed by atoms with Crippen LogP contribution in [0.4, 0.5) is 0 Å². The molecule has 4 aromatic rings. The maximum Gasteiger partial charge on any atom is 0.214 e. The molecule has 7 rings (SSSR count). The van der Waals surface area contributed by atoms with Crippen LogP contribution in [-0.4, -0.2) is 27.9 Å². The van der Waals surface area contributed by atoms with Gasteiger partial charge in [-0.15, -0.1) is 0 Å². The summed E-state index contributed by atoms with van der Waals surface area (Å²) in [6.45, 7) is 3.30. The third-order valence-electron chi connectivity index (χ3n) is 8.64. The summed E-state index contributed by atoms with van der Waals surface area (Å²) in [5.41, 5.74) is -1.79. The van der Waals surface area contributed by atoms with Gasteiger partial charge in [-0.05, 0) is 39.8 Å². The molecule has 5 nitrogen and oxygen atoms in total. The van der Waals surface area contributed by atoms with Crippen LogP contribution in [0.5, 0.6) is 11.5 Å². The van der Waals surface area contributed by atoms with Gasteiger partial charge in [0.25, 0.3) is 0 Å². The Balaban J connectivity index is 1.56. The average molecular weight is 537 g/mol. The van der Waals surface area contributed by atoms with Gasteiger partial charge in [-0.2, -0.15) is 0 Å². The molecular formula is C33H25ClO5. The number of hydrogen-bond acceptors (Lipinski definition) is 5. The molecule has 0 bridgehead atoms. The summed E-state index contributed by atoms with van der Waals surface area (Å²) in [6, 6.07) is 23.5. The van der Waals surface area contributed by atoms with E-state index in [0.29, 0.717) is 17.1 Å². The smallest absolute Gasteiger partial charge is 0.214 e. The standard InChI is InChI=1S/C33H25ClO5/c1-3-26(35)18(2)33(37)31(36)29(34)30-25(16-23-21-10-6-4-8-19(21)12-14-27(23)38-30)32(33)17-24-22-11-7-5-9-20(22)13-15-28(24)39-32/h4-16,18,37H,3,17H2,1-2H3/t18-,32-,33-/m0/s1.